The number of nitrogens with zero attached hydrogens (tertiary/aromatic N) is 1. The Labute approximate surface area is 219 Å². The van der Waals surface area contributed by atoms with Crippen molar-refractivity contribution in [2.45, 2.75) is 149 Å². The molecule has 210 valence electrons. The molecule has 3 unspecified atom stereocenters. The molecule has 0 saturated carbocycles. The van der Waals surface area contributed by atoms with Gasteiger partial charge in [0.05, 0.1) is 6.54 Å². The number of hydrogen-bond donors (Lipinski definition) is 3. The second kappa shape index (κ2) is 20.2. The summed E-state index contributed by atoms with van der Waals surface area (Å²) in [5, 5.41) is 28.9. The van der Waals surface area contributed by atoms with Crippen LogP contribution in [0.4, 0.5) is 0 Å². The average Bonchev–Trinajstić information content (AvgIpc) is 2.84. The van der Waals surface area contributed by atoms with Crippen LogP contribution in [0, 0.1) is 0 Å². The molecule has 0 aliphatic carbocycles. The van der Waals surface area contributed by atoms with Crippen molar-refractivity contribution < 1.29 is 34.2 Å². The first-order chi connectivity index (χ1) is 17.1. The Balaban J connectivity index is 4.27. The average molecular weight is 513 g/mol. The molecular formula is C29H54NO6+. The van der Waals surface area contributed by atoms with Gasteiger partial charge in [0.25, 0.3) is 0 Å². The van der Waals surface area contributed by atoms with Crippen LogP contribution in [0.5, 0.6) is 0 Å². The lowest BCUT2D eigenvalue weighted by atomic mass is 10.0. The van der Waals surface area contributed by atoms with Gasteiger partial charge in [-0.2, -0.15) is 0 Å². The molecule has 0 saturated heterocycles. The summed E-state index contributed by atoms with van der Waals surface area (Å²) in [6, 6.07) is -3.41. The van der Waals surface area contributed by atoms with Crippen molar-refractivity contribution in [1.82, 2.24) is 0 Å². The molecule has 7 nitrogen and oxygen atoms in total. The fourth-order valence-corrected chi connectivity index (χ4v) is 5.19. The van der Waals surface area contributed by atoms with Gasteiger partial charge >= 0.3 is 17.9 Å². The molecule has 3 atom stereocenters. The van der Waals surface area contributed by atoms with Gasteiger partial charge < -0.3 is 15.3 Å². The summed E-state index contributed by atoms with van der Waals surface area (Å²) in [5.41, 5.74) is 0. The van der Waals surface area contributed by atoms with Crippen LogP contribution in [0.3, 0.4) is 0 Å². The lowest BCUT2D eigenvalue weighted by molar-refractivity contribution is -0.968. The highest BCUT2D eigenvalue weighted by Crippen LogP contribution is 2.27. The SMILES string of the molecule is CCCCCCCCCCCCCC/C=C/CCCC[N+](C(C)C(=O)O)(C(C)C(=O)O)C(C)C(=O)O. The molecule has 0 aliphatic heterocycles. The van der Waals surface area contributed by atoms with E-state index in [-0.39, 0.29) is 6.54 Å². The summed E-state index contributed by atoms with van der Waals surface area (Å²) in [6.07, 6.45) is 23.6. The van der Waals surface area contributed by atoms with Crippen LogP contribution >= 0.6 is 0 Å². The minimum Gasteiger partial charge on any atom is -0.477 e. The van der Waals surface area contributed by atoms with Crippen LogP contribution in [-0.4, -0.2) is 62.4 Å². The van der Waals surface area contributed by atoms with E-state index in [1.807, 2.05) is 0 Å². The molecule has 0 heterocycles. The Morgan fingerprint density at radius 2 is 0.861 bits per heavy atom. The molecule has 0 aromatic rings. The maximum Gasteiger partial charge on any atom is 0.362 e. The molecule has 0 bridgehead atoms. The Kier molecular flexibility index (Phi) is 19.1. The third-order valence-electron chi connectivity index (χ3n) is 7.79. The number of rotatable bonds is 24. The summed E-state index contributed by atoms with van der Waals surface area (Å²) in [4.78, 5) is 35.3. The number of unbranched alkanes of at least 4 members (excludes halogenated alkanes) is 14. The van der Waals surface area contributed by atoms with Gasteiger partial charge in [-0.05, 0) is 52.9 Å². The Bertz CT molecular complexity index is 597. The molecule has 0 radical (unpaired) electrons. The molecule has 0 aromatic carbocycles. The van der Waals surface area contributed by atoms with E-state index < -0.39 is 40.5 Å². The number of aliphatic carboxylic acids is 3. The molecule has 0 spiro atoms. The summed E-state index contributed by atoms with van der Waals surface area (Å²) in [6.45, 7) is 6.69. The predicted molar refractivity (Wildman–Crippen MR) is 145 cm³/mol. The standard InChI is InChI=1S/C29H53NO6/c1-5-6-7-8-9-10-11-12-13-14-15-16-17-18-19-20-21-22-23-30(24(2)27(31)32,25(3)28(33)34)26(4)29(35)36/h18-19,24-26H,5-17,20-23H2,1-4H3,(H2-,31,32,33,34,35,36)/p+1/b19-18+. The molecule has 0 aromatic heterocycles. The minimum atomic E-state index is -1.18. The van der Waals surface area contributed by atoms with Crippen molar-refractivity contribution in [3.05, 3.63) is 12.2 Å². The first-order valence-electron chi connectivity index (χ1n) is 14.3. The van der Waals surface area contributed by atoms with Crippen LogP contribution in [0.15, 0.2) is 12.2 Å². The van der Waals surface area contributed by atoms with E-state index in [0.717, 1.165) is 19.3 Å². The first kappa shape index (κ1) is 34.1. The molecule has 0 aliphatic rings. The van der Waals surface area contributed by atoms with Gasteiger partial charge in [0.15, 0.2) is 18.1 Å². The van der Waals surface area contributed by atoms with Crippen LogP contribution in [0.1, 0.15) is 130 Å². The second-order valence-electron chi connectivity index (χ2n) is 10.4. The molecule has 36 heavy (non-hydrogen) atoms. The van der Waals surface area contributed by atoms with Crippen molar-refractivity contribution in [1.29, 1.82) is 0 Å². The normalized spacial score (nSPS) is 15.9. The van der Waals surface area contributed by atoms with Crippen LogP contribution < -0.4 is 0 Å². The summed E-state index contributed by atoms with van der Waals surface area (Å²) >= 11 is 0. The molecule has 0 amide bonds. The van der Waals surface area contributed by atoms with E-state index in [0.29, 0.717) is 6.42 Å². The number of carboxylic acids is 3. The van der Waals surface area contributed by atoms with E-state index in [1.54, 1.807) is 0 Å². The van der Waals surface area contributed by atoms with Crippen molar-refractivity contribution in [3.8, 4) is 0 Å². The zero-order valence-electron chi connectivity index (χ0n) is 23.4. The maximum atomic E-state index is 11.8. The van der Waals surface area contributed by atoms with Crippen LogP contribution in [0.25, 0.3) is 0 Å². The highest BCUT2D eigenvalue weighted by Gasteiger charge is 2.52. The summed E-state index contributed by atoms with van der Waals surface area (Å²) < 4.78 is -0.497. The summed E-state index contributed by atoms with van der Waals surface area (Å²) in [7, 11) is 0. The maximum absolute atomic E-state index is 11.8. The molecule has 7 heteroatoms. The highest BCUT2D eigenvalue weighted by molar-refractivity contribution is 5.77. The third kappa shape index (κ3) is 12.9. The molecule has 0 rings (SSSR count). The Hall–Kier alpha value is -1.89. The van der Waals surface area contributed by atoms with Gasteiger partial charge in [-0.15, -0.1) is 0 Å². The fraction of sp³-hybridized carbons (Fsp3) is 0.828. The lowest BCUT2D eigenvalue weighted by Gasteiger charge is -2.47. The van der Waals surface area contributed by atoms with Crippen molar-refractivity contribution in [2.75, 3.05) is 6.54 Å². The zero-order chi connectivity index (χ0) is 27.4. The molecule has 0 fully saturated rings. The number of carbonyl (C=O) groups is 3. The number of allylic oxidation sites excluding steroid dienone is 2. The van der Waals surface area contributed by atoms with Crippen molar-refractivity contribution >= 4 is 17.9 Å². The van der Waals surface area contributed by atoms with Gasteiger partial charge in [0, 0.05) is 0 Å². The number of carboxylic acid groups (broad SMARTS) is 3. The fourth-order valence-electron chi connectivity index (χ4n) is 5.19. The number of hydrogen-bond acceptors (Lipinski definition) is 3. The topological polar surface area (TPSA) is 112 Å². The van der Waals surface area contributed by atoms with E-state index >= 15 is 0 Å². The van der Waals surface area contributed by atoms with Crippen molar-refractivity contribution in [3.63, 3.8) is 0 Å². The van der Waals surface area contributed by atoms with E-state index in [1.165, 1.54) is 97.8 Å². The van der Waals surface area contributed by atoms with Gasteiger partial charge in [-0.3, -0.25) is 4.48 Å². The Morgan fingerprint density at radius 1 is 0.556 bits per heavy atom. The van der Waals surface area contributed by atoms with Gasteiger partial charge in [0.1, 0.15) is 0 Å². The number of quaternary nitrogens is 1. The lowest BCUT2D eigenvalue weighted by Crippen LogP contribution is -2.70. The quantitative estimate of drug-likeness (QED) is 0.0726. The van der Waals surface area contributed by atoms with Gasteiger partial charge in [-0.25, -0.2) is 14.4 Å². The Morgan fingerprint density at radius 3 is 1.19 bits per heavy atom. The second-order valence-corrected chi connectivity index (χ2v) is 10.4. The minimum absolute atomic E-state index is 0.195. The summed E-state index contributed by atoms with van der Waals surface area (Å²) in [5.74, 6) is -3.55. The van der Waals surface area contributed by atoms with E-state index in [4.69, 9.17) is 0 Å². The zero-order valence-corrected chi connectivity index (χ0v) is 23.4. The van der Waals surface area contributed by atoms with E-state index in [9.17, 15) is 29.7 Å². The van der Waals surface area contributed by atoms with Crippen LogP contribution in [-0.2, 0) is 14.4 Å². The monoisotopic (exact) mass is 512 g/mol. The van der Waals surface area contributed by atoms with Gasteiger partial charge in [0.2, 0.25) is 0 Å². The highest BCUT2D eigenvalue weighted by atomic mass is 16.4. The first-order valence-corrected chi connectivity index (χ1v) is 14.3. The van der Waals surface area contributed by atoms with E-state index in [2.05, 4.69) is 19.1 Å². The van der Waals surface area contributed by atoms with Crippen LogP contribution in [0.2, 0.25) is 0 Å². The smallest absolute Gasteiger partial charge is 0.362 e. The molecular weight excluding hydrogens is 458 g/mol. The van der Waals surface area contributed by atoms with Gasteiger partial charge in [-0.1, -0.05) is 89.7 Å². The predicted octanol–water partition coefficient (Wildman–Crippen LogP) is 7.04. The van der Waals surface area contributed by atoms with Crippen molar-refractivity contribution in [2.24, 2.45) is 0 Å². The third-order valence-corrected chi connectivity index (χ3v) is 7.79. The largest absolute Gasteiger partial charge is 0.477 e. The molecule has 3 N–H and O–H groups in total.